The van der Waals surface area contributed by atoms with Crippen LogP contribution in [0, 0.1) is 11.6 Å². The molecule has 0 aliphatic rings. The number of hydrogen-bond acceptors (Lipinski definition) is 0. The number of rotatable bonds is 2. The average molecular weight is 386 g/mol. The average Bonchev–Trinajstić information content (AvgIpc) is 2.37. The van der Waals surface area contributed by atoms with Crippen molar-refractivity contribution in [3.63, 3.8) is 0 Å². The summed E-state index contributed by atoms with van der Waals surface area (Å²) in [4.78, 5) is 0. The van der Waals surface area contributed by atoms with Crippen molar-refractivity contribution in [2.75, 3.05) is 0 Å². The van der Waals surface area contributed by atoms with Crippen LogP contribution in [0.3, 0.4) is 0 Å². The SMILES string of the molecule is Fc1ccc(C(Cl)c2cc(C(F)(F)F)ccc2Br)c(F)c1. The van der Waals surface area contributed by atoms with Crippen molar-refractivity contribution in [1.29, 1.82) is 0 Å². The molecule has 2 aromatic carbocycles. The molecule has 0 saturated heterocycles. The second-order valence-electron chi connectivity index (χ2n) is 4.26. The second kappa shape index (κ2) is 5.93. The minimum atomic E-state index is -4.53. The van der Waals surface area contributed by atoms with Crippen LogP contribution in [0.25, 0.3) is 0 Å². The molecule has 0 amide bonds. The van der Waals surface area contributed by atoms with Gasteiger partial charge in [-0.25, -0.2) is 8.78 Å². The van der Waals surface area contributed by atoms with E-state index in [1.165, 1.54) is 6.07 Å². The Balaban J connectivity index is 2.50. The minimum Gasteiger partial charge on any atom is -0.207 e. The Bertz CT molecular complexity index is 669. The molecule has 1 atom stereocenters. The largest absolute Gasteiger partial charge is 0.416 e. The second-order valence-corrected chi connectivity index (χ2v) is 5.55. The summed E-state index contributed by atoms with van der Waals surface area (Å²) in [5, 5.41) is -1.18. The van der Waals surface area contributed by atoms with Crippen molar-refractivity contribution in [3.8, 4) is 0 Å². The Morgan fingerprint density at radius 1 is 0.952 bits per heavy atom. The first-order chi connectivity index (χ1) is 9.70. The first kappa shape index (κ1) is 16.2. The number of benzene rings is 2. The van der Waals surface area contributed by atoms with Gasteiger partial charge in [-0.1, -0.05) is 22.0 Å². The quantitative estimate of drug-likeness (QED) is 0.434. The molecule has 0 heterocycles. The Kier molecular flexibility index (Phi) is 4.58. The van der Waals surface area contributed by atoms with Crippen LogP contribution in [0.4, 0.5) is 22.0 Å². The van der Waals surface area contributed by atoms with Gasteiger partial charge < -0.3 is 0 Å². The summed E-state index contributed by atoms with van der Waals surface area (Å²) >= 11 is 9.14. The van der Waals surface area contributed by atoms with Crippen molar-refractivity contribution < 1.29 is 22.0 Å². The monoisotopic (exact) mass is 384 g/mol. The number of alkyl halides is 4. The van der Waals surface area contributed by atoms with E-state index in [2.05, 4.69) is 15.9 Å². The van der Waals surface area contributed by atoms with E-state index in [0.717, 1.165) is 24.3 Å². The van der Waals surface area contributed by atoms with E-state index in [1.807, 2.05) is 0 Å². The fourth-order valence-electron chi connectivity index (χ4n) is 1.79. The van der Waals surface area contributed by atoms with Crippen LogP contribution in [0.5, 0.6) is 0 Å². The van der Waals surface area contributed by atoms with E-state index in [4.69, 9.17) is 11.6 Å². The maximum atomic E-state index is 13.7. The summed E-state index contributed by atoms with van der Waals surface area (Å²) < 4.78 is 65.0. The van der Waals surface area contributed by atoms with Gasteiger partial charge >= 0.3 is 6.18 Å². The molecule has 2 aromatic rings. The Hall–Kier alpha value is -1.14. The molecule has 0 aliphatic carbocycles. The van der Waals surface area contributed by atoms with Crippen LogP contribution in [-0.2, 0) is 6.18 Å². The molecule has 0 bridgehead atoms. The zero-order chi connectivity index (χ0) is 15.8. The predicted octanol–water partition coefficient (Wildman–Crippen LogP) is 6.07. The summed E-state index contributed by atoms with van der Waals surface area (Å²) in [6, 6.07) is 5.65. The smallest absolute Gasteiger partial charge is 0.207 e. The van der Waals surface area contributed by atoms with E-state index in [0.29, 0.717) is 10.5 Å². The first-order valence-corrected chi connectivity index (χ1v) is 6.88. The lowest BCUT2D eigenvalue weighted by Gasteiger charge is -2.16. The van der Waals surface area contributed by atoms with Gasteiger partial charge in [0.05, 0.1) is 10.9 Å². The van der Waals surface area contributed by atoms with Gasteiger partial charge in [0.1, 0.15) is 11.6 Å². The molecule has 7 heteroatoms. The van der Waals surface area contributed by atoms with E-state index in [-0.39, 0.29) is 11.1 Å². The van der Waals surface area contributed by atoms with Crippen molar-refractivity contribution in [3.05, 3.63) is 69.2 Å². The standard InChI is InChI=1S/C14H7BrClF5/c15-11-4-1-7(14(19,20)21)5-10(11)13(16)9-3-2-8(17)6-12(9)18/h1-6,13H. The minimum absolute atomic E-state index is 0.0528. The van der Waals surface area contributed by atoms with Crippen LogP contribution >= 0.6 is 27.5 Å². The topological polar surface area (TPSA) is 0 Å². The maximum absolute atomic E-state index is 13.7. The van der Waals surface area contributed by atoms with Gasteiger partial charge in [0.2, 0.25) is 0 Å². The van der Waals surface area contributed by atoms with Gasteiger partial charge in [-0.05, 0) is 29.8 Å². The van der Waals surface area contributed by atoms with Gasteiger partial charge in [0.25, 0.3) is 0 Å². The predicted molar refractivity (Wildman–Crippen MR) is 73.2 cm³/mol. The maximum Gasteiger partial charge on any atom is 0.416 e. The Morgan fingerprint density at radius 2 is 1.62 bits per heavy atom. The van der Waals surface area contributed by atoms with E-state index in [9.17, 15) is 22.0 Å². The molecule has 2 rings (SSSR count). The molecule has 0 radical (unpaired) electrons. The third-order valence-corrected chi connectivity index (χ3v) is 4.02. The first-order valence-electron chi connectivity index (χ1n) is 5.66. The van der Waals surface area contributed by atoms with Crippen LogP contribution in [0.15, 0.2) is 40.9 Å². The van der Waals surface area contributed by atoms with Crippen molar-refractivity contribution >= 4 is 27.5 Å². The summed E-state index contributed by atoms with van der Waals surface area (Å²) in [6.07, 6.45) is -4.53. The molecule has 0 nitrogen and oxygen atoms in total. The van der Waals surface area contributed by atoms with Gasteiger partial charge in [-0.2, -0.15) is 13.2 Å². The molecule has 0 N–H and O–H groups in total. The van der Waals surface area contributed by atoms with E-state index in [1.54, 1.807) is 0 Å². The lowest BCUT2D eigenvalue weighted by molar-refractivity contribution is -0.137. The third-order valence-electron chi connectivity index (χ3n) is 2.83. The zero-order valence-corrected chi connectivity index (χ0v) is 12.5. The molecule has 0 saturated carbocycles. The van der Waals surface area contributed by atoms with Crippen molar-refractivity contribution in [2.45, 2.75) is 11.6 Å². The molecule has 0 fully saturated rings. The Morgan fingerprint density at radius 3 is 2.19 bits per heavy atom. The molecule has 21 heavy (non-hydrogen) atoms. The third kappa shape index (κ3) is 3.55. The molecule has 0 aliphatic heterocycles. The summed E-state index contributed by atoms with van der Waals surface area (Å²) in [6.45, 7) is 0. The Labute approximate surface area is 130 Å². The fraction of sp³-hybridized carbons (Fsp3) is 0.143. The highest BCUT2D eigenvalue weighted by Gasteiger charge is 2.32. The van der Waals surface area contributed by atoms with Gasteiger partial charge in [-0.3, -0.25) is 0 Å². The highest BCUT2D eigenvalue weighted by molar-refractivity contribution is 9.10. The van der Waals surface area contributed by atoms with Crippen LogP contribution in [-0.4, -0.2) is 0 Å². The highest BCUT2D eigenvalue weighted by Crippen LogP contribution is 2.39. The van der Waals surface area contributed by atoms with Crippen molar-refractivity contribution in [2.24, 2.45) is 0 Å². The van der Waals surface area contributed by atoms with Crippen molar-refractivity contribution in [1.82, 2.24) is 0 Å². The van der Waals surface area contributed by atoms with Crippen LogP contribution < -0.4 is 0 Å². The summed E-state index contributed by atoms with van der Waals surface area (Å²) in [7, 11) is 0. The molecular formula is C14H7BrClF5. The molecule has 0 spiro atoms. The van der Waals surface area contributed by atoms with E-state index < -0.39 is 28.8 Å². The molecule has 1 unspecified atom stereocenters. The highest BCUT2D eigenvalue weighted by atomic mass is 79.9. The van der Waals surface area contributed by atoms with E-state index >= 15 is 0 Å². The summed E-state index contributed by atoms with van der Waals surface area (Å²) in [5.74, 6) is -1.71. The number of halogens is 7. The molecular weight excluding hydrogens is 379 g/mol. The normalized spacial score (nSPS) is 13.3. The van der Waals surface area contributed by atoms with Crippen LogP contribution in [0.1, 0.15) is 22.1 Å². The van der Waals surface area contributed by atoms with Gasteiger partial charge in [0.15, 0.2) is 0 Å². The lowest BCUT2D eigenvalue weighted by Crippen LogP contribution is -2.07. The molecule has 0 aromatic heterocycles. The van der Waals surface area contributed by atoms with Gasteiger partial charge in [-0.15, -0.1) is 11.6 Å². The molecule has 112 valence electrons. The lowest BCUT2D eigenvalue weighted by atomic mass is 10.0. The van der Waals surface area contributed by atoms with Crippen LogP contribution in [0.2, 0.25) is 0 Å². The fourth-order valence-corrected chi connectivity index (χ4v) is 2.75. The zero-order valence-electron chi connectivity index (χ0n) is 10.2. The summed E-state index contributed by atoms with van der Waals surface area (Å²) in [5.41, 5.74) is -0.941. The van der Waals surface area contributed by atoms with Gasteiger partial charge in [0, 0.05) is 16.1 Å². The number of hydrogen-bond donors (Lipinski definition) is 0.